The van der Waals surface area contributed by atoms with Crippen LogP contribution >= 0.6 is 0 Å². The van der Waals surface area contributed by atoms with E-state index in [1.807, 2.05) is 4.90 Å². The molecular weight excluding hydrogens is 377 g/mol. The van der Waals surface area contributed by atoms with Gasteiger partial charge in [-0.15, -0.1) is 13.2 Å². The van der Waals surface area contributed by atoms with E-state index in [1.54, 1.807) is 13.1 Å². The third-order valence-electron chi connectivity index (χ3n) is 4.49. The van der Waals surface area contributed by atoms with Crippen LogP contribution in [0.5, 0.6) is 5.75 Å². The molecule has 2 heterocycles. The van der Waals surface area contributed by atoms with Crippen molar-refractivity contribution in [2.24, 2.45) is 13.0 Å². The highest BCUT2D eigenvalue weighted by atomic mass is 19.4. The lowest BCUT2D eigenvalue weighted by Gasteiger charge is -2.32. The van der Waals surface area contributed by atoms with Gasteiger partial charge in [-0.2, -0.15) is 5.10 Å². The third kappa shape index (κ3) is 5.02. The minimum atomic E-state index is -4.75. The average Bonchev–Trinajstić information content (AvgIpc) is 2.64. The second-order valence-electron chi connectivity index (χ2n) is 6.48. The lowest BCUT2D eigenvalue weighted by molar-refractivity contribution is -0.274. The van der Waals surface area contributed by atoms with Gasteiger partial charge in [0.25, 0.3) is 5.56 Å². The fraction of sp³-hybridized carbons (Fsp3) is 0.389. The zero-order valence-corrected chi connectivity index (χ0v) is 15.1. The van der Waals surface area contributed by atoms with E-state index < -0.39 is 6.36 Å². The Morgan fingerprint density at radius 2 is 1.79 bits per heavy atom. The van der Waals surface area contributed by atoms with Crippen molar-refractivity contribution >= 4 is 17.4 Å². The first-order valence-electron chi connectivity index (χ1n) is 8.67. The zero-order valence-electron chi connectivity index (χ0n) is 15.1. The van der Waals surface area contributed by atoms with Gasteiger partial charge >= 0.3 is 6.36 Å². The topological polar surface area (TPSA) is 76.5 Å². The third-order valence-corrected chi connectivity index (χ3v) is 4.49. The molecule has 7 nitrogen and oxygen atoms in total. The lowest BCUT2D eigenvalue weighted by atomic mass is 9.96. The number of benzene rings is 1. The van der Waals surface area contributed by atoms with Crippen molar-refractivity contribution in [3.05, 3.63) is 46.8 Å². The molecule has 28 heavy (non-hydrogen) atoms. The van der Waals surface area contributed by atoms with Gasteiger partial charge in [0.2, 0.25) is 5.91 Å². The molecule has 1 aliphatic heterocycles. The van der Waals surface area contributed by atoms with Crippen LogP contribution in [0, 0.1) is 5.92 Å². The van der Waals surface area contributed by atoms with Crippen molar-refractivity contribution < 1.29 is 22.7 Å². The van der Waals surface area contributed by atoms with Crippen molar-refractivity contribution in [3.63, 3.8) is 0 Å². The van der Waals surface area contributed by atoms with Crippen molar-refractivity contribution in [1.29, 1.82) is 0 Å². The van der Waals surface area contributed by atoms with Crippen LogP contribution < -0.4 is 20.5 Å². The highest BCUT2D eigenvalue weighted by molar-refractivity contribution is 5.92. The number of halogens is 3. The Kier molecular flexibility index (Phi) is 5.57. The largest absolute Gasteiger partial charge is 0.573 e. The summed E-state index contributed by atoms with van der Waals surface area (Å²) in [4.78, 5) is 25.9. The van der Waals surface area contributed by atoms with E-state index in [2.05, 4.69) is 15.2 Å². The van der Waals surface area contributed by atoms with Crippen LogP contribution in [0.15, 0.2) is 41.2 Å². The van der Waals surface area contributed by atoms with Crippen molar-refractivity contribution in [2.75, 3.05) is 23.3 Å². The molecule has 0 saturated carbocycles. The second-order valence-corrected chi connectivity index (χ2v) is 6.48. The molecule has 0 atom stereocenters. The molecule has 150 valence electrons. The van der Waals surface area contributed by atoms with Gasteiger partial charge in [0.15, 0.2) is 0 Å². The molecule has 0 radical (unpaired) electrons. The van der Waals surface area contributed by atoms with Gasteiger partial charge in [0.1, 0.15) is 11.6 Å². The number of nitrogens with one attached hydrogen (secondary N) is 1. The number of aromatic nitrogens is 2. The summed E-state index contributed by atoms with van der Waals surface area (Å²) in [6.07, 6.45) is -3.55. The number of nitrogens with zero attached hydrogens (tertiary/aromatic N) is 3. The fourth-order valence-corrected chi connectivity index (χ4v) is 3.01. The molecule has 10 heteroatoms. The second kappa shape index (κ2) is 7.91. The number of carbonyl (C=O) groups is 1. The number of aryl methyl sites for hydroxylation is 1. The van der Waals surface area contributed by atoms with Crippen LogP contribution in [0.2, 0.25) is 0 Å². The molecule has 1 aliphatic rings. The number of anilines is 2. The van der Waals surface area contributed by atoms with Crippen LogP contribution in [0.4, 0.5) is 24.7 Å². The average molecular weight is 396 g/mol. The molecule has 2 aromatic rings. The summed E-state index contributed by atoms with van der Waals surface area (Å²) in [5.41, 5.74) is 0.214. The maximum Gasteiger partial charge on any atom is 0.573 e. The summed E-state index contributed by atoms with van der Waals surface area (Å²) in [5, 5.41) is 6.92. The van der Waals surface area contributed by atoms with Crippen molar-refractivity contribution in [1.82, 2.24) is 9.78 Å². The summed E-state index contributed by atoms with van der Waals surface area (Å²) < 4.78 is 41.6. The minimum absolute atomic E-state index is 0.183. The van der Waals surface area contributed by atoms with Gasteiger partial charge in [0.05, 0.1) is 0 Å². The molecule has 0 aliphatic carbocycles. The van der Waals surface area contributed by atoms with Crippen molar-refractivity contribution in [3.8, 4) is 5.75 Å². The van der Waals surface area contributed by atoms with E-state index in [1.165, 1.54) is 22.9 Å². The molecule has 0 unspecified atom stereocenters. The first-order chi connectivity index (χ1) is 13.2. The van der Waals surface area contributed by atoms with Crippen LogP contribution in [-0.2, 0) is 11.8 Å². The summed E-state index contributed by atoms with van der Waals surface area (Å²) in [5.74, 6) is -0.0581. The number of alkyl halides is 3. The number of hydrogen-bond donors (Lipinski definition) is 1. The minimum Gasteiger partial charge on any atom is -0.406 e. The van der Waals surface area contributed by atoms with Gasteiger partial charge < -0.3 is 15.0 Å². The summed E-state index contributed by atoms with van der Waals surface area (Å²) in [6, 6.07) is 8.14. The SMILES string of the molecule is Cn1nc(N2CCC(C(=O)Nc3ccc(OC(F)(F)F)cc3)CC2)ccc1=O. The van der Waals surface area contributed by atoms with Crippen LogP contribution in [0.25, 0.3) is 0 Å². The summed E-state index contributed by atoms with van der Waals surface area (Å²) >= 11 is 0. The molecule has 1 N–H and O–H groups in total. The van der Waals surface area contributed by atoms with Gasteiger partial charge in [0, 0.05) is 37.8 Å². The standard InChI is InChI=1S/C18H19F3N4O3/c1-24-16(26)7-6-15(23-24)25-10-8-12(9-11-25)17(27)22-13-2-4-14(5-3-13)28-18(19,20)21/h2-7,12H,8-11H2,1H3,(H,22,27). The Labute approximate surface area is 158 Å². The monoisotopic (exact) mass is 396 g/mol. The maximum atomic E-state index is 12.4. The first kappa shape index (κ1) is 19.7. The van der Waals surface area contributed by atoms with Gasteiger partial charge in [-0.05, 0) is 43.2 Å². The molecule has 1 fully saturated rings. The number of carbonyl (C=O) groups excluding carboxylic acids is 1. The molecule has 3 rings (SSSR count). The zero-order chi connectivity index (χ0) is 20.3. The highest BCUT2D eigenvalue weighted by Gasteiger charge is 2.31. The highest BCUT2D eigenvalue weighted by Crippen LogP contribution is 2.25. The predicted molar refractivity (Wildman–Crippen MR) is 96.2 cm³/mol. The fourth-order valence-electron chi connectivity index (χ4n) is 3.01. The molecule has 0 bridgehead atoms. The Morgan fingerprint density at radius 3 is 2.36 bits per heavy atom. The molecule has 1 saturated heterocycles. The molecule has 1 aromatic carbocycles. The lowest BCUT2D eigenvalue weighted by Crippen LogP contribution is -2.39. The van der Waals surface area contributed by atoms with Gasteiger partial charge in [-0.25, -0.2) is 4.68 Å². The Hall–Kier alpha value is -3.04. The number of piperidine rings is 1. The van der Waals surface area contributed by atoms with E-state index in [4.69, 9.17) is 0 Å². The van der Waals surface area contributed by atoms with E-state index in [0.717, 1.165) is 12.1 Å². The summed E-state index contributed by atoms with van der Waals surface area (Å²) in [7, 11) is 1.58. The van der Waals surface area contributed by atoms with E-state index in [9.17, 15) is 22.8 Å². The van der Waals surface area contributed by atoms with E-state index >= 15 is 0 Å². The number of rotatable bonds is 4. The Morgan fingerprint density at radius 1 is 1.14 bits per heavy atom. The van der Waals surface area contributed by atoms with Crippen LogP contribution in [0.1, 0.15) is 12.8 Å². The van der Waals surface area contributed by atoms with Crippen LogP contribution in [-0.4, -0.2) is 35.1 Å². The maximum absolute atomic E-state index is 12.4. The smallest absolute Gasteiger partial charge is 0.406 e. The molecule has 1 amide bonds. The van der Waals surface area contributed by atoms with Crippen molar-refractivity contribution in [2.45, 2.75) is 19.2 Å². The van der Waals surface area contributed by atoms with E-state index in [0.29, 0.717) is 37.4 Å². The first-order valence-corrected chi connectivity index (χ1v) is 8.67. The Balaban J connectivity index is 1.53. The summed E-state index contributed by atoms with van der Waals surface area (Å²) in [6.45, 7) is 1.23. The van der Waals surface area contributed by atoms with Crippen LogP contribution in [0.3, 0.4) is 0 Å². The number of amides is 1. The quantitative estimate of drug-likeness (QED) is 0.860. The molecule has 0 spiro atoms. The van der Waals surface area contributed by atoms with E-state index in [-0.39, 0.29) is 23.1 Å². The normalized spacial score (nSPS) is 15.4. The van der Waals surface area contributed by atoms with Gasteiger partial charge in [-0.1, -0.05) is 0 Å². The van der Waals surface area contributed by atoms with Gasteiger partial charge in [-0.3, -0.25) is 9.59 Å². The number of ether oxygens (including phenoxy) is 1. The number of hydrogen-bond acceptors (Lipinski definition) is 5. The predicted octanol–water partition coefficient (Wildman–Crippen LogP) is 2.53. The molecule has 1 aromatic heterocycles. The molecular formula is C18H19F3N4O3. The Bertz CT molecular complexity index is 888.